The van der Waals surface area contributed by atoms with E-state index in [1.807, 2.05) is 0 Å². The number of terminal acetylenes is 1. The van der Waals surface area contributed by atoms with Gasteiger partial charge in [-0.15, -0.1) is 6.42 Å². The van der Waals surface area contributed by atoms with Gasteiger partial charge >= 0.3 is 0 Å². The predicted molar refractivity (Wildman–Crippen MR) is 23.7 cm³/mol. The second-order valence-corrected chi connectivity index (χ2v) is 0.830. The Morgan fingerprint density at radius 1 is 2.00 bits per heavy atom. The van der Waals surface area contributed by atoms with Gasteiger partial charge in [-0.3, -0.25) is 0 Å². The molecule has 0 saturated carbocycles. The average molecular weight is 83.1 g/mol. The smallest absolute Gasteiger partial charge is 0.126 e. The van der Waals surface area contributed by atoms with Crippen LogP contribution in [0.4, 0.5) is 0 Å². The molecule has 0 amide bonds. The Morgan fingerprint density at radius 3 is 2.50 bits per heavy atom. The number of hydrogen-bond acceptors (Lipinski definition) is 2. The summed E-state index contributed by atoms with van der Waals surface area (Å²) in [6.45, 7) is 1.54. The molecule has 0 aliphatic heterocycles. The molecule has 0 saturated heterocycles. The molecule has 0 aromatic heterocycles. The van der Waals surface area contributed by atoms with Gasteiger partial charge in [-0.1, -0.05) is 11.1 Å². The van der Waals surface area contributed by atoms with E-state index in [4.69, 9.17) is 11.6 Å². The summed E-state index contributed by atoms with van der Waals surface area (Å²) in [5, 5.41) is 10.5. The Morgan fingerprint density at radius 2 is 2.50 bits per heavy atom. The molecule has 0 unspecified atom stereocenters. The second-order valence-electron chi connectivity index (χ2n) is 0.830. The maximum atomic E-state index is 7.78. The maximum absolute atomic E-state index is 7.78. The minimum Gasteiger partial charge on any atom is -0.410 e. The van der Waals surface area contributed by atoms with Gasteiger partial charge in [0.05, 0.1) is 0 Å². The van der Waals surface area contributed by atoms with E-state index < -0.39 is 0 Å². The second kappa shape index (κ2) is 2.28. The number of hydrogen-bond donors (Lipinski definition) is 1. The zero-order valence-electron chi connectivity index (χ0n) is 3.47. The third-order valence-corrected chi connectivity index (χ3v) is 0.359. The third-order valence-electron chi connectivity index (χ3n) is 0.359. The van der Waals surface area contributed by atoms with Gasteiger partial charge in [-0.25, -0.2) is 0 Å². The molecule has 0 rings (SSSR count). The Hall–Kier alpha value is -0.970. The topological polar surface area (TPSA) is 32.6 Å². The van der Waals surface area contributed by atoms with Gasteiger partial charge in [0.1, 0.15) is 5.71 Å². The SMILES string of the molecule is C#CC(C)=NO. The Labute approximate surface area is 36.5 Å². The highest BCUT2D eigenvalue weighted by Crippen LogP contribution is 1.64. The van der Waals surface area contributed by atoms with Crippen LogP contribution in [0.3, 0.4) is 0 Å². The van der Waals surface area contributed by atoms with Crippen LogP contribution >= 0.6 is 0 Å². The maximum Gasteiger partial charge on any atom is 0.126 e. The molecule has 0 heterocycles. The van der Waals surface area contributed by atoms with E-state index in [0.717, 1.165) is 0 Å². The number of nitrogens with zero attached hydrogens (tertiary/aromatic N) is 1. The summed E-state index contributed by atoms with van der Waals surface area (Å²) < 4.78 is 0. The summed E-state index contributed by atoms with van der Waals surface area (Å²) in [6, 6.07) is 0. The first-order valence-corrected chi connectivity index (χ1v) is 1.46. The average Bonchev–Trinajstić information content (AvgIpc) is 1.65. The number of oxime groups is 1. The Balaban J connectivity index is 3.61. The molecule has 1 N–H and O–H groups in total. The van der Waals surface area contributed by atoms with Gasteiger partial charge in [0.25, 0.3) is 0 Å². The molecule has 0 aliphatic carbocycles. The largest absolute Gasteiger partial charge is 0.410 e. The first-order chi connectivity index (χ1) is 2.81. The van der Waals surface area contributed by atoms with Crippen molar-refractivity contribution in [3.63, 3.8) is 0 Å². The molecule has 0 fully saturated rings. The van der Waals surface area contributed by atoms with E-state index in [1.54, 1.807) is 6.92 Å². The van der Waals surface area contributed by atoms with Crippen molar-refractivity contribution in [3.05, 3.63) is 0 Å². The van der Waals surface area contributed by atoms with Crippen molar-refractivity contribution in [3.8, 4) is 12.3 Å². The standard InChI is InChI=1S/C4H5NO/c1-3-4(2)5-6/h1,6H,2H3. The molecule has 0 aromatic carbocycles. The van der Waals surface area contributed by atoms with Crippen molar-refractivity contribution in [2.24, 2.45) is 5.16 Å². The van der Waals surface area contributed by atoms with Crippen LogP contribution in [-0.4, -0.2) is 10.9 Å². The molecule has 0 aliphatic rings. The van der Waals surface area contributed by atoms with Crippen molar-refractivity contribution >= 4 is 5.71 Å². The highest BCUT2D eigenvalue weighted by Gasteiger charge is 1.72. The highest BCUT2D eigenvalue weighted by molar-refractivity contribution is 5.97. The number of rotatable bonds is 0. The fourth-order valence-electron chi connectivity index (χ4n) is 0.0289. The lowest BCUT2D eigenvalue weighted by Gasteiger charge is -1.72. The molecule has 2 heteroatoms. The third kappa shape index (κ3) is 1.36. The Bertz CT molecular complexity index is 98.6. The monoisotopic (exact) mass is 83.0 g/mol. The van der Waals surface area contributed by atoms with Gasteiger partial charge in [-0.2, -0.15) is 0 Å². The van der Waals surface area contributed by atoms with Gasteiger partial charge < -0.3 is 5.21 Å². The first-order valence-electron chi connectivity index (χ1n) is 1.46. The summed E-state index contributed by atoms with van der Waals surface area (Å²) in [6.07, 6.45) is 4.74. The normalized spacial score (nSPS) is 10.3. The summed E-state index contributed by atoms with van der Waals surface area (Å²) in [4.78, 5) is 0. The van der Waals surface area contributed by atoms with Crippen molar-refractivity contribution in [2.45, 2.75) is 6.92 Å². The minimum absolute atomic E-state index is 0.301. The quantitative estimate of drug-likeness (QED) is 0.196. The van der Waals surface area contributed by atoms with Crippen LogP contribution < -0.4 is 0 Å². The van der Waals surface area contributed by atoms with Crippen LogP contribution in [0.25, 0.3) is 0 Å². The van der Waals surface area contributed by atoms with Crippen LogP contribution in [0.15, 0.2) is 5.16 Å². The molecule has 0 radical (unpaired) electrons. The van der Waals surface area contributed by atoms with Gasteiger partial charge in [0.2, 0.25) is 0 Å². The van der Waals surface area contributed by atoms with Crippen LogP contribution in [0.2, 0.25) is 0 Å². The molecule has 0 aromatic rings. The first kappa shape index (κ1) is 5.03. The summed E-state index contributed by atoms with van der Waals surface area (Å²) in [7, 11) is 0. The minimum atomic E-state index is 0.301. The van der Waals surface area contributed by atoms with Crippen molar-refractivity contribution in [1.82, 2.24) is 0 Å². The molecule has 0 bridgehead atoms. The fourth-order valence-corrected chi connectivity index (χ4v) is 0.0289. The molecule has 2 nitrogen and oxygen atoms in total. The molecule has 6 heavy (non-hydrogen) atoms. The van der Waals surface area contributed by atoms with Crippen molar-refractivity contribution < 1.29 is 5.21 Å². The van der Waals surface area contributed by atoms with E-state index in [9.17, 15) is 0 Å². The van der Waals surface area contributed by atoms with Gasteiger partial charge in [0.15, 0.2) is 0 Å². The Kier molecular flexibility index (Phi) is 1.91. The van der Waals surface area contributed by atoms with E-state index >= 15 is 0 Å². The molecular formula is C4H5NO. The lowest BCUT2D eigenvalue weighted by atomic mass is 10.5. The summed E-state index contributed by atoms with van der Waals surface area (Å²) in [5.74, 6) is 2.11. The van der Waals surface area contributed by atoms with Crippen molar-refractivity contribution in [2.75, 3.05) is 0 Å². The van der Waals surface area contributed by atoms with Gasteiger partial charge in [0, 0.05) is 0 Å². The van der Waals surface area contributed by atoms with Crippen molar-refractivity contribution in [1.29, 1.82) is 0 Å². The summed E-state index contributed by atoms with van der Waals surface area (Å²) in [5.41, 5.74) is 0.301. The lowest BCUT2D eigenvalue weighted by Crippen LogP contribution is -1.79. The van der Waals surface area contributed by atoms with Gasteiger partial charge in [-0.05, 0) is 6.92 Å². The fraction of sp³-hybridized carbons (Fsp3) is 0.250. The predicted octanol–water partition coefficient (Wildman–Crippen LogP) is 0.470. The zero-order chi connectivity index (χ0) is 4.99. The van der Waals surface area contributed by atoms with E-state index in [2.05, 4.69) is 11.1 Å². The molecular weight excluding hydrogens is 78.0 g/mol. The van der Waals surface area contributed by atoms with E-state index in [0.29, 0.717) is 5.71 Å². The summed E-state index contributed by atoms with van der Waals surface area (Å²) >= 11 is 0. The highest BCUT2D eigenvalue weighted by atomic mass is 16.4. The zero-order valence-corrected chi connectivity index (χ0v) is 3.47. The molecule has 0 atom stereocenters. The van der Waals surface area contributed by atoms with E-state index in [1.165, 1.54) is 0 Å². The van der Waals surface area contributed by atoms with Crippen LogP contribution in [0, 0.1) is 12.3 Å². The lowest BCUT2D eigenvalue weighted by molar-refractivity contribution is 0.319. The van der Waals surface area contributed by atoms with Crippen LogP contribution in [0.1, 0.15) is 6.92 Å². The molecule has 32 valence electrons. The molecule has 0 spiro atoms. The van der Waals surface area contributed by atoms with Crippen LogP contribution in [0.5, 0.6) is 0 Å². The van der Waals surface area contributed by atoms with Crippen LogP contribution in [-0.2, 0) is 0 Å². The van der Waals surface area contributed by atoms with E-state index in [-0.39, 0.29) is 0 Å².